The molecule has 0 radical (unpaired) electrons. The Bertz CT molecular complexity index is 428. The lowest BCUT2D eigenvalue weighted by Gasteiger charge is -2.35. The molecule has 1 unspecified atom stereocenters. The van der Waals surface area contributed by atoms with E-state index in [0.29, 0.717) is 11.8 Å². The zero-order chi connectivity index (χ0) is 14.0. The number of nitrogens with one attached hydrogen (secondary N) is 1. The van der Waals surface area contributed by atoms with Gasteiger partial charge in [-0.1, -0.05) is 0 Å². The molecule has 7 heteroatoms. The highest BCUT2D eigenvalue weighted by atomic mass is 32.2. The Morgan fingerprint density at radius 2 is 1.79 bits per heavy atom. The highest BCUT2D eigenvalue weighted by molar-refractivity contribution is 7.91. The van der Waals surface area contributed by atoms with Crippen molar-refractivity contribution in [1.29, 1.82) is 0 Å². The van der Waals surface area contributed by atoms with Crippen molar-refractivity contribution in [3.05, 3.63) is 0 Å². The Balaban J connectivity index is 1.77. The van der Waals surface area contributed by atoms with Crippen LogP contribution in [0.1, 0.15) is 19.3 Å². The van der Waals surface area contributed by atoms with Gasteiger partial charge >= 0.3 is 6.03 Å². The highest BCUT2D eigenvalue weighted by Gasteiger charge is 2.31. The second-order valence-corrected chi connectivity index (χ2v) is 7.93. The number of likely N-dealkylation sites (tertiary alicyclic amines) is 1. The van der Waals surface area contributed by atoms with Crippen LogP contribution in [0.25, 0.3) is 0 Å². The molecule has 0 aromatic heterocycles. The van der Waals surface area contributed by atoms with Crippen LogP contribution in [0.4, 0.5) is 4.79 Å². The number of piperidine rings is 1. The molecule has 6 nitrogen and oxygen atoms in total. The minimum atomic E-state index is -2.82. The molecule has 1 atom stereocenters. The smallest absolute Gasteiger partial charge is 0.319 e. The Morgan fingerprint density at radius 1 is 1.16 bits per heavy atom. The Labute approximate surface area is 115 Å². The molecule has 19 heavy (non-hydrogen) atoms. The summed E-state index contributed by atoms with van der Waals surface area (Å²) < 4.78 is 22.8. The van der Waals surface area contributed by atoms with Crippen LogP contribution < -0.4 is 5.32 Å². The molecule has 0 saturated carbocycles. The number of carbonyl (C=O) groups excluding carboxylic acids is 1. The van der Waals surface area contributed by atoms with E-state index in [4.69, 9.17) is 0 Å². The van der Waals surface area contributed by atoms with Gasteiger partial charge in [0, 0.05) is 39.3 Å². The molecule has 2 aliphatic heterocycles. The summed E-state index contributed by atoms with van der Waals surface area (Å²) in [6.07, 6.45) is 2.52. The van der Waals surface area contributed by atoms with Gasteiger partial charge in [-0.05, 0) is 19.3 Å². The molecule has 0 bridgehead atoms. The minimum absolute atomic E-state index is 0.0573. The molecule has 1 N–H and O–H groups in total. The van der Waals surface area contributed by atoms with E-state index in [2.05, 4.69) is 5.32 Å². The van der Waals surface area contributed by atoms with Crippen molar-refractivity contribution in [2.45, 2.75) is 31.3 Å². The van der Waals surface area contributed by atoms with Gasteiger partial charge in [0.25, 0.3) is 0 Å². The van der Waals surface area contributed by atoms with Crippen LogP contribution in [-0.4, -0.2) is 75.0 Å². The summed E-state index contributed by atoms with van der Waals surface area (Å²) in [4.78, 5) is 15.2. The fourth-order valence-electron chi connectivity index (χ4n) is 2.78. The molecule has 2 fully saturated rings. The molecule has 0 spiro atoms. The first-order chi connectivity index (χ1) is 8.87. The zero-order valence-corrected chi connectivity index (χ0v) is 12.4. The zero-order valence-electron chi connectivity index (χ0n) is 11.6. The van der Waals surface area contributed by atoms with Crippen LogP contribution in [0.5, 0.6) is 0 Å². The summed E-state index contributed by atoms with van der Waals surface area (Å²) in [5, 5.41) is 3.43. The van der Waals surface area contributed by atoms with Gasteiger partial charge in [-0.2, -0.15) is 0 Å². The standard InChI is InChI=1S/C12H23N3O3S/c1-14(2)12(16)15-6-3-10(4-7-15)13-11-5-8-19(17,18)9-11/h10-11,13H,3-9H2,1-2H3. The fraction of sp³-hybridized carbons (Fsp3) is 0.917. The number of rotatable bonds is 2. The van der Waals surface area contributed by atoms with E-state index >= 15 is 0 Å². The normalized spacial score (nSPS) is 27.5. The van der Waals surface area contributed by atoms with E-state index in [1.54, 1.807) is 19.0 Å². The third-order valence-corrected chi connectivity index (χ3v) is 5.62. The minimum Gasteiger partial charge on any atom is -0.331 e. The topological polar surface area (TPSA) is 69.7 Å². The number of amides is 2. The monoisotopic (exact) mass is 289 g/mol. The van der Waals surface area contributed by atoms with Crippen molar-refractivity contribution in [3.8, 4) is 0 Å². The maximum atomic E-state index is 11.8. The van der Waals surface area contributed by atoms with Gasteiger partial charge in [-0.3, -0.25) is 0 Å². The van der Waals surface area contributed by atoms with Crippen LogP contribution in [0.2, 0.25) is 0 Å². The van der Waals surface area contributed by atoms with Crippen molar-refractivity contribution in [2.24, 2.45) is 0 Å². The van der Waals surface area contributed by atoms with E-state index in [1.165, 1.54) is 0 Å². The number of hydrogen-bond acceptors (Lipinski definition) is 4. The third-order valence-electron chi connectivity index (χ3n) is 3.85. The predicted octanol–water partition coefficient (Wildman–Crippen LogP) is -0.0909. The van der Waals surface area contributed by atoms with Crippen molar-refractivity contribution in [1.82, 2.24) is 15.1 Å². The van der Waals surface area contributed by atoms with Gasteiger partial charge in [0.1, 0.15) is 0 Å². The Kier molecular flexibility index (Phi) is 4.35. The first-order valence-electron chi connectivity index (χ1n) is 6.80. The lowest BCUT2D eigenvalue weighted by Crippen LogP contribution is -2.50. The first-order valence-corrected chi connectivity index (χ1v) is 8.62. The molecular weight excluding hydrogens is 266 g/mol. The molecule has 2 aliphatic rings. The van der Waals surface area contributed by atoms with E-state index in [-0.39, 0.29) is 17.8 Å². The second-order valence-electron chi connectivity index (χ2n) is 5.70. The molecule has 2 saturated heterocycles. The molecular formula is C12H23N3O3S. The van der Waals surface area contributed by atoms with E-state index < -0.39 is 9.84 Å². The van der Waals surface area contributed by atoms with Crippen LogP contribution in [-0.2, 0) is 9.84 Å². The van der Waals surface area contributed by atoms with Gasteiger partial charge in [0.15, 0.2) is 9.84 Å². The number of nitrogens with zero attached hydrogens (tertiary/aromatic N) is 2. The number of urea groups is 1. The summed E-state index contributed by atoms with van der Waals surface area (Å²) in [5.41, 5.74) is 0. The molecule has 0 aliphatic carbocycles. The van der Waals surface area contributed by atoms with Crippen LogP contribution >= 0.6 is 0 Å². The molecule has 0 aromatic rings. The quantitative estimate of drug-likeness (QED) is 0.771. The predicted molar refractivity (Wildman–Crippen MR) is 73.9 cm³/mol. The van der Waals surface area contributed by atoms with E-state index in [9.17, 15) is 13.2 Å². The molecule has 2 heterocycles. The summed E-state index contributed by atoms with van der Waals surface area (Å²) >= 11 is 0. The van der Waals surface area contributed by atoms with Crippen molar-refractivity contribution >= 4 is 15.9 Å². The Hall–Kier alpha value is -0.820. The van der Waals surface area contributed by atoms with Crippen LogP contribution in [0, 0.1) is 0 Å². The molecule has 110 valence electrons. The van der Waals surface area contributed by atoms with Crippen LogP contribution in [0.3, 0.4) is 0 Å². The molecule has 0 aromatic carbocycles. The Morgan fingerprint density at radius 3 is 2.26 bits per heavy atom. The highest BCUT2D eigenvalue weighted by Crippen LogP contribution is 2.16. The molecule has 2 amide bonds. The average molecular weight is 289 g/mol. The maximum Gasteiger partial charge on any atom is 0.319 e. The van der Waals surface area contributed by atoms with Gasteiger partial charge in [0.2, 0.25) is 0 Å². The summed E-state index contributed by atoms with van der Waals surface area (Å²) in [7, 11) is 0.705. The van der Waals surface area contributed by atoms with Gasteiger partial charge in [0.05, 0.1) is 11.5 Å². The van der Waals surface area contributed by atoms with Crippen LogP contribution in [0.15, 0.2) is 0 Å². The third kappa shape index (κ3) is 3.82. The number of hydrogen-bond donors (Lipinski definition) is 1. The van der Waals surface area contributed by atoms with Gasteiger partial charge < -0.3 is 15.1 Å². The SMILES string of the molecule is CN(C)C(=O)N1CCC(NC2CCS(=O)(=O)C2)CC1. The largest absolute Gasteiger partial charge is 0.331 e. The number of carbonyl (C=O) groups is 1. The van der Waals surface area contributed by atoms with Gasteiger partial charge in [-0.15, -0.1) is 0 Å². The number of sulfone groups is 1. The lowest BCUT2D eigenvalue weighted by atomic mass is 10.0. The summed E-state index contributed by atoms with van der Waals surface area (Å²) in [6, 6.07) is 0.498. The lowest BCUT2D eigenvalue weighted by molar-refractivity contribution is 0.151. The van der Waals surface area contributed by atoms with Crippen molar-refractivity contribution in [3.63, 3.8) is 0 Å². The summed E-state index contributed by atoms with van der Waals surface area (Å²) in [6.45, 7) is 1.49. The van der Waals surface area contributed by atoms with Crippen molar-refractivity contribution in [2.75, 3.05) is 38.7 Å². The fourth-order valence-corrected chi connectivity index (χ4v) is 4.47. The maximum absolute atomic E-state index is 11.8. The summed E-state index contributed by atoms with van der Waals surface area (Å²) in [5.74, 6) is 0.576. The average Bonchev–Trinajstić information content (AvgIpc) is 2.68. The van der Waals surface area contributed by atoms with E-state index in [1.807, 2.05) is 4.90 Å². The van der Waals surface area contributed by atoms with Crippen molar-refractivity contribution < 1.29 is 13.2 Å². The molecule has 2 rings (SSSR count). The second kappa shape index (κ2) is 5.66. The first kappa shape index (κ1) is 14.6. The van der Waals surface area contributed by atoms with Gasteiger partial charge in [-0.25, -0.2) is 13.2 Å². The van der Waals surface area contributed by atoms with E-state index in [0.717, 1.165) is 32.4 Å².